The second-order valence-electron chi connectivity index (χ2n) is 10.9. The van der Waals surface area contributed by atoms with Crippen LogP contribution in [0, 0.1) is 11.8 Å². The van der Waals surface area contributed by atoms with E-state index in [0.29, 0.717) is 53.6 Å². The minimum absolute atomic E-state index is 0.0292. The molecule has 2 aliphatic carbocycles. The maximum atomic E-state index is 13.2. The Bertz CT molecular complexity index is 825. The average molecular weight is 505 g/mol. The zero-order valence-corrected chi connectivity index (χ0v) is 22.5. The van der Waals surface area contributed by atoms with Gasteiger partial charge in [-0.05, 0) is 121 Å². The lowest BCUT2D eigenvalue weighted by Crippen LogP contribution is -2.32. The molecular weight excluding hydrogens is 464 g/mol. The molecular formula is C28H41ClN2O4. The fraction of sp³-hybridized carbons (Fsp3) is 0.679. The van der Waals surface area contributed by atoms with E-state index in [2.05, 4.69) is 38.0 Å². The quantitative estimate of drug-likeness (QED) is 0.304. The van der Waals surface area contributed by atoms with Gasteiger partial charge in [-0.15, -0.1) is 0 Å². The summed E-state index contributed by atoms with van der Waals surface area (Å²) in [5.74, 6) is 1.13. The summed E-state index contributed by atoms with van der Waals surface area (Å²) >= 11 is 5.45. The van der Waals surface area contributed by atoms with Crippen molar-refractivity contribution < 1.29 is 19.1 Å². The molecule has 0 unspecified atom stereocenters. The van der Waals surface area contributed by atoms with E-state index >= 15 is 0 Å². The Morgan fingerprint density at radius 1 is 0.743 bits per heavy atom. The Labute approximate surface area is 215 Å². The van der Waals surface area contributed by atoms with Crippen LogP contribution in [-0.2, 0) is 4.79 Å². The molecule has 194 valence electrons. The van der Waals surface area contributed by atoms with Gasteiger partial charge < -0.3 is 14.5 Å². The second kappa shape index (κ2) is 13.0. The molecule has 0 heterocycles. The van der Waals surface area contributed by atoms with Gasteiger partial charge in [0, 0.05) is 36.1 Å². The summed E-state index contributed by atoms with van der Waals surface area (Å²) in [4.78, 5) is 42.2. The summed E-state index contributed by atoms with van der Waals surface area (Å²) in [7, 11) is 8.44. The zero-order chi connectivity index (χ0) is 25.5. The maximum absolute atomic E-state index is 13.2. The summed E-state index contributed by atoms with van der Waals surface area (Å²) in [5.41, 5.74) is 0.970. The number of hydrogen-bond acceptors (Lipinski definition) is 6. The third kappa shape index (κ3) is 8.40. The summed E-state index contributed by atoms with van der Waals surface area (Å²) in [6.45, 7) is -0.296. The number of benzene rings is 1. The monoisotopic (exact) mass is 504 g/mol. The lowest BCUT2D eigenvalue weighted by atomic mass is 9.81. The largest absolute Gasteiger partial charge is 0.484 e. The number of nitrogens with zero attached hydrogens (tertiary/aromatic N) is 2. The third-order valence-electron chi connectivity index (χ3n) is 7.94. The highest BCUT2D eigenvalue weighted by Gasteiger charge is 2.27. The first kappa shape index (κ1) is 27.8. The van der Waals surface area contributed by atoms with Crippen LogP contribution in [0.2, 0.25) is 0 Å². The molecule has 0 saturated heterocycles. The lowest BCUT2D eigenvalue weighted by molar-refractivity contribution is -0.113. The van der Waals surface area contributed by atoms with Crippen molar-refractivity contribution in [2.75, 3.05) is 34.8 Å². The van der Waals surface area contributed by atoms with E-state index in [1.165, 1.54) is 0 Å². The zero-order valence-electron chi connectivity index (χ0n) is 21.7. The molecule has 7 heteroatoms. The van der Waals surface area contributed by atoms with Crippen LogP contribution < -0.4 is 4.74 Å². The number of hydrogen-bond donors (Lipinski definition) is 0. The van der Waals surface area contributed by atoms with E-state index in [9.17, 15) is 14.4 Å². The van der Waals surface area contributed by atoms with Gasteiger partial charge in [-0.1, -0.05) is 0 Å². The predicted octanol–water partition coefficient (Wildman–Crippen LogP) is 5.22. The Kier molecular flexibility index (Phi) is 10.3. The fourth-order valence-electron chi connectivity index (χ4n) is 5.64. The first-order valence-electron chi connectivity index (χ1n) is 13.0. The van der Waals surface area contributed by atoms with Crippen molar-refractivity contribution in [2.24, 2.45) is 11.8 Å². The molecule has 2 saturated carbocycles. The molecule has 35 heavy (non-hydrogen) atoms. The van der Waals surface area contributed by atoms with E-state index in [1.807, 2.05) is 0 Å². The van der Waals surface area contributed by atoms with Gasteiger partial charge in [0.05, 0.1) is 0 Å². The molecule has 6 nitrogen and oxygen atoms in total. The van der Waals surface area contributed by atoms with Crippen molar-refractivity contribution in [2.45, 2.75) is 76.3 Å². The third-order valence-corrected chi connectivity index (χ3v) is 8.05. The number of Topliss-reactive ketones (excluding diaryl/α,β-unsaturated/α-hetero) is 2. The van der Waals surface area contributed by atoms with E-state index in [-0.39, 0.29) is 18.2 Å². The van der Waals surface area contributed by atoms with Crippen molar-refractivity contribution in [1.82, 2.24) is 9.80 Å². The number of ketones is 2. The molecule has 0 radical (unpaired) electrons. The molecule has 0 spiro atoms. The van der Waals surface area contributed by atoms with Crippen molar-refractivity contribution in [3.63, 3.8) is 0 Å². The van der Waals surface area contributed by atoms with Gasteiger partial charge in [0.15, 0.2) is 18.2 Å². The van der Waals surface area contributed by atoms with Crippen LogP contribution in [0.3, 0.4) is 0 Å². The Morgan fingerprint density at radius 3 is 1.49 bits per heavy atom. The first-order valence-corrected chi connectivity index (χ1v) is 13.4. The number of carbonyl (C=O) groups excluding carboxylic acids is 3. The highest BCUT2D eigenvalue weighted by molar-refractivity contribution is 6.63. The standard InChI is InChI=1S/C28H41ClN2O4/c1-30(2)23-9-5-19(6-10-23)13-26(32)21-15-22(17-25(16-21)35-18-28(29)34)27(33)14-20-7-11-24(12-8-20)31(3)4/h15-17,19-20,23-24H,5-14,18H2,1-4H3. The number of ether oxygens (including phenoxy) is 1. The van der Waals surface area contributed by atoms with Gasteiger partial charge in [0.25, 0.3) is 5.24 Å². The molecule has 0 N–H and O–H groups in total. The van der Waals surface area contributed by atoms with Crippen molar-refractivity contribution in [1.29, 1.82) is 0 Å². The molecule has 1 aromatic rings. The second-order valence-corrected chi connectivity index (χ2v) is 11.3. The lowest BCUT2D eigenvalue weighted by Gasteiger charge is -2.32. The molecule has 1 aromatic carbocycles. The molecule has 0 bridgehead atoms. The van der Waals surface area contributed by atoms with Crippen molar-refractivity contribution >= 4 is 28.4 Å². The summed E-state index contributed by atoms with van der Waals surface area (Å²) in [6.07, 6.45) is 9.50. The average Bonchev–Trinajstić information content (AvgIpc) is 2.83. The van der Waals surface area contributed by atoms with Crippen LogP contribution in [0.25, 0.3) is 0 Å². The smallest absolute Gasteiger partial charge is 0.259 e. The van der Waals surface area contributed by atoms with Gasteiger partial charge in [0.2, 0.25) is 0 Å². The van der Waals surface area contributed by atoms with Gasteiger partial charge in [-0.3, -0.25) is 14.4 Å². The van der Waals surface area contributed by atoms with E-state index < -0.39 is 5.24 Å². The molecule has 0 atom stereocenters. The minimum Gasteiger partial charge on any atom is -0.484 e. The predicted molar refractivity (Wildman–Crippen MR) is 140 cm³/mol. The highest BCUT2D eigenvalue weighted by Crippen LogP contribution is 2.32. The Hall–Kier alpha value is -1.76. The Balaban J connectivity index is 1.68. The molecule has 0 aliphatic heterocycles. The maximum Gasteiger partial charge on any atom is 0.259 e. The molecule has 3 rings (SSSR count). The molecule has 0 amide bonds. The van der Waals surface area contributed by atoms with Crippen LogP contribution in [0.5, 0.6) is 5.75 Å². The molecule has 0 aromatic heterocycles. The van der Waals surface area contributed by atoms with Crippen LogP contribution in [0.1, 0.15) is 84.9 Å². The van der Waals surface area contributed by atoms with Crippen molar-refractivity contribution in [3.8, 4) is 5.75 Å². The SMILES string of the molecule is CN(C)C1CCC(CC(=O)c2cc(OCC(=O)Cl)cc(C(=O)CC3CCC(N(C)C)CC3)c2)CC1. The van der Waals surface area contributed by atoms with Crippen LogP contribution >= 0.6 is 11.6 Å². The molecule has 2 fully saturated rings. The number of rotatable bonds is 11. The number of carbonyl (C=O) groups is 3. The Morgan fingerprint density at radius 2 is 1.14 bits per heavy atom. The van der Waals surface area contributed by atoms with Gasteiger partial charge >= 0.3 is 0 Å². The van der Waals surface area contributed by atoms with Crippen LogP contribution in [0.15, 0.2) is 18.2 Å². The fourth-order valence-corrected chi connectivity index (χ4v) is 5.69. The van der Waals surface area contributed by atoms with Crippen LogP contribution in [-0.4, -0.2) is 73.5 Å². The summed E-state index contributed by atoms with van der Waals surface area (Å²) in [5, 5.41) is -0.620. The van der Waals surface area contributed by atoms with Crippen molar-refractivity contribution in [3.05, 3.63) is 29.3 Å². The first-order chi connectivity index (χ1) is 16.6. The number of halogens is 1. The van der Waals surface area contributed by atoms with Crippen LogP contribution in [0.4, 0.5) is 0 Å². The molecule has 2 aliphatic rings. The highest BCUT2D eigenvalue weighted by atomic mass is 35.5. The van der Waals surface area contributed by atoms with Gasteiger partial charge in [-0.25, -0.2) is 0 Å². The van der Waals surface area contributed by atoms with E-state index in [1.54, 1.807) is 18.2 Å². The summed E-state index contributed by atoms with van der Waals surface area (Å²) < 4.78 is 5.51. The minimum atomic E-state index is -0.620. The van der Waals surface area contributed by atoms with Gasteiger partial charge in [0.1, 0.15) is 5.75 Å². The summed E-state index contributed by atoms with van der Waals surface area (Å²) in [6, 6.07) is 6.18. The normalized spacial score (nSPS) is 25.0. The van der Waals surface area contributed by atoms with E-state index in [0.717, 1.165) is 51.4 Å². The van der Waals surface area contributed by atoms with Gasteiger partial charge in [-0.2, -0.15) is 0 Å². The topological polar surface area (TPSA) is 66.9 Å². The van der Waals surface area contributed by atoms with E-state index in [4.69, 9.17) is 16.3 Å².